The molecule has 1 aromatic heterocycles. The topological polar surface area (TPSA) is 72.3 Å². The number of aromatic nitrogens is 3. The Hall–Kier alpha value is -2.28. The molecule has 1 aromatic carbocycles. The van der Waals surface area contributed by atoms with Gasteiger partial charge in [-0.25, -0.2) is 0 Å². The van der Waals surface area contributed by atoms with Crippen LogP contribution in [0.2, 0.25) is 0 Å². The third-order valence-electron chi connectivity index (χ3n) is 3.53. The van der Waals surface area contributed by atoms with Gasteiger partial charge in [0.2, 0.25) is 4.77 Å². The predicted octanol–water partition coefficient (Wildman–Crippen LogP) is 3.66. The molecule has 0 radical (unpaired) electrons. The highest BCUT2D eigenvalue weighted by molar-refractivity contribution is 7.71. The summed E-state index contributed by atoms with van der Waals surface area (Å²) in [7, 11) is 0. The third-order valence-corrected chi connectivity index (χ3v) is 3.79. The second-order valence-corrected chi connectivity index (χ2v) is 7.15. The molecule has 2 aromatic rings. The van der Waals surface area contributed by atoms with E-state index in [4.69, 9.17) is 17.0 Å². The van der Waals surface area contributed by atoms with Crippen molar-refractivity contribution in [2.24, 2.45) is 5.10 Å². The van der Waals surface area contributed by atoms with E-state index in [0.717, 1.165) is 28.8 Å². The van der Waals surface area contributed by atoms with Gasteiger partial charge in [-0.15, -0.1) is 0 Å². The van der Waals surface area contributed by atoms with E-state index in [9.17, 15) is 4.79 Å². The minimum atomic E-state index is -0.397. The molecule has 2 rings (SSSR count). The van der Waals surface area contributed by atoms with Crippen LogP contribution < -0.4 is 10.3 Å². The van der Waals surface area contributed by atoms with Crippen LogP contribution in [-0.4, -0.2) is 27.7 Å². The maximum Gasteiger partial charge on any atom is 0.297 e. The molecular formula is C18H24N4O2S. The number of H-pyrrole nitrogens is 1. The first kappa shape index (κ1) is 19.1. The molecule has 134 valence electrons. The first-order chi connectivity index (χ1) is 11.8. The molecule has 0 fully saturated rings. The van der Waals surface area contributed by atoms with E-state index in [1.165, 1.54) is 0 Å². The lowest BCUT2D eigenvalue weighted by Gasteiger charge is -2.16. The predicted molar refractivity (Wildman–Crippen MR) is 102 cm³/mol. The zero-order valence-electron chi connectivity index (χ0n) is 15.1. The van der Waals surface area contributed by atoms with Gasteiger partial charge in [0, 0.05) is 5.41 Å². The average molecular weight is 360 g/mol. The van der Waals surface area contributed by atoms with E-state index in [-0.39, 0.29) is 10.3 Å². The number of rotatable bonds is 6. The fraction of sp³-hybridized carbons (Fsp3) is 0.444. The van der Waals surface area contributed by atoms with E-state index in [2.05, 4.69) is 22.2 Å². The van der Waals surface area contributed by atoms with Gasteiger partial charge in [0.1, 0.15) is 11.4 Å². The summed E-state index contributed by atoms with van der Waals surface area (Å²) in [4.78, 5) is 12.5. The number of benzene rings is 1. The number of ether oxygens (including phenoxy) is 1. The Balaban J connectivity index is 2.22. The van der Waals surface area contributed by atoms with Crippen LogP contribution in [0.15, 0.2) is 34.2 Å². The van der Waals surface area contributed by atoms with Crippen LogP contribution in [0.3, 0.4) is 0 Å². The Labute approximate surface area is 152 Å². The molecular weight excluding hydrogens is 336 g/mol. The lowest BCUT2D eigenvalue weighted by atomic mass is 9.93. The highest BCUT2D eigenvalue weighted by Gasteiger charge is 2.21. The van der Waals surface area contributed by atoms with Gasteiger partial charge in [0.25, 0.3) is 5.56 Å². The van der Waals surface area contributed by atoms with Crippen LogP contribution in [0, 0.1) is 4.77 Å². The minimum Gasteiger partial charge on any atom is -0.494 e. The van der Waals surface area contributed by atoms with Gasteiger partial charge in [0.15, 0.2) is 0 Å². The van der Waals surface area contributed by atoms with Gasteiger partial charge in [-0.1, -0.05) is 34.1 Å². The van der Waals surface area contributed by atoms with Crippen LogP contribution in [0.1, 0.15) is 51.8 Å². The van der Waals surface area contributed by atoms with Crippen molar-refractivity contribution in [3.8, 4) is 5.75 Å². The summed E-state index contributed by atoms with van der Waals surface area (Å²) in [6.45, 7) is 8.58. The van der Waals surface area contributed by atoms with Gasteiger partial charge in [-0.2, -0.15) is 14.9 Å². The molecule has 0 amide bonds. The maximum atomic E-state index is 12.5. The average Bonchev–Trinajstić information content (AvgIpc) is 2.55. The van der Waals surface area contributed by atoms with Gasteiger partial charge >= 0.3 is 0 Å². The quantitative estimate of drug-likeness (QED) is 0.485. The first-order valence-electron chi connectivity index (χ1n) is 8.32. The Morgan fingerprint density at radius 2 is 2.00 bits per heavy atom. The lowest BCUT2D eigenvalue weighted by Crippen LogP contribution is -2.32. The smallest absolute Gasteiger partial charge is 0.297 e. The molecule has 0 unspecified atom stereocenters. The number of nitrogens with zero attached hydrogens (tertiary/aromatic N) is 3. The van der Waals surface area contributed by atoms with Gasteiger partial charge in [-0.05, 0) is 48.5 Å². The molecule has 0 atom stereocenters. The number of unbranched alkanes of at least 4 members (excludes halogenated alkanes) is 1. The zero-order chi connectivity index (χ0) is 18.4. The molecule has 0 bridgehead atoms. The zero-order valence-corrected chi connectivity index (χ0v) is 15.9. The number of aromatic amines is 1. The molecule has 0 saturated heterocycles. The Morgan fingerprint density at radius 1 is 1.32 bits per heavy atom. The van der Waals surface area contributed by atoms with Crippen molar-refractivity contribution >= 4 is 18.4 Å². The van der Waals surface area contributed by atoms with Crippen LogP contribution >= 0.6 is 12.2 Å². The largest absolute Gasteiger partial charge is 0.494 e. The monoisotopic (exact) mass is 360 g/mol. The van der Waals surface area contributed by atoms with Gasteiger partial charge in [0.05, 0.1) is 12.8 Å². The normalized spacial score (nSPS) is 11.8. The standard InChI is InChI=1S/C18H24N4O2S/c1-5-6-11-24-14-9-7-13(8-10-14)12-19-22-16(23)15(18(2,3)4)20-21-17(22)25/h7-10,12H,5-6,11H2,1-4H3,(H,21,25)/b19-12-. The van der Waals surface area contributed by atoms with Gasteiger partial charge < -0.3 is 4.74 Å². The van der Waals surface area contributed by atoms with Crippen molar-refractivity contribution in [1.29, 1.82) is 0 Å². The lowest BCUT2D eigenvalue weighted by molar-refractivity contribution is 0.309. The molecule has 1 N–H and O–H groups in total. The number of nitrogens with one attached hydrogen (secondary N) is 1. The summed E-state index contributed by atoms with van der Waals surface area (Å²) in [5.74, 6) is 0.819. The molecule has 6 nitrogen and oxygen atoms in total. The van der Waals surface area contributed by atoms with Crippen LogP contribution in [0.4, 0.5) is 0 Å². The van der Waals surface area contributed by atoms with Crippen molar-refractivity contribution in [1.82, 2.24) is 14.9 Å². The van der Waals surface area contributed by atoms with E-state index < -0.39 is 5.41 Å². The van der Waals surface area contributed by atoms with Crippen molar-refractivity contribution < 1.29 is 4.74 Å². The molecule has 0 aliphatic carbocycles. The van der Waals surface area contributed by atoms with E-state index >= 15 is 0 Å². The van der Waals surface area contributed by atoms with Crippen molar-refractivity contribution in [2.75, 3.05) is 6.61 Å². The number of hydrogen-bond donors (Lipinski definition) is 1. The fourth-order valence-electron chi connectivity index (χ4n) is 2.09. The highest BCUT2D eigenvalue weighted by atomic mass is 32.1. The van der Waals surface area contributed by atoms with Crippen molar-refractivity contribution in [2.45, 2.75) is 46.0 Å². The summed E-state index contributed by atoms with van der Waals surface area (Å²) in [6, 6.07) is 7.53. The Bertz CT molecular complexity index is 845. The summed E-state index contributed by atoms with van der Waals surface area (Å²) >= 11 is 5.13. The van der Waals surface area contributed by atoms with Gasteiger partial charge in [-0.3, -0.25) is 9.89 Å². The van der Waals surface area contributed by atoms with Crippen LogP contribution in [0.25, 0.3) is 0 Å². The fourth-order valence-corrected chi connectivity index (χ4v) is 2.27. The SMILES string of the molecule is CCCCOc1ccc(/C=N\n2c(=S)[nH]nc(C(C)(C)C)c2=O)cc1. The highest BCUT2D eigenvalue weighted by Crippen LogP contribution is 2.15. The summed E-state index contributed by atoms with van der Waals surface area (Å²) in [5.41, 5.74) is 0.522. The van der Waals surface area contributed by atoms with Crippen LogP contribution in [-0.2, 0) is 5.41 Å². The molecule has 0 aliphatic rings. The minimum absolute atomic E-state index is 0.161. The molecule has 25 heavy (non-hydrogen) atoms. The Morgan fingerprint density at radius 3 is 2.60 bits per heavy atom. The summed E-state index contributed by atoms with van der Waals surface area (Å²) in [5, 5.41) is 11.0. The summed E-state index contributed by atoms with van der Waals surface area (Å²) in [6.07, 6.45) is 3.72. The molecule has 7 heteroatoms. The van der Waals surface area contributed by atoms with E-state index in [1.807, 2.05) is 45.0 Å². The molecule has 1 heterocycles. The second kappa shape index (κ2) is 8.20. The van der Waals surface area contributed by atoms with E-state index in [0.29, 0.717) is 12.3 Å². The second-order valence-electron chi connectivity index (χ2n) is 6.76. The number of hydrogen-bond acceptors (Lipinski definition) is 5. The van der Waals surface area contributed by atoms with Crippen LogP contribution in [0.5, 0.6) is 5.75 Å². The van der Waals surface area contributed by atoms with Crippen molar-refractivity contribution in [3.05, 3.63) is 50.6 Å². The van der Waals surface area contributed by atoms with Crippen molar-refractivity contribution in [3.63, 3.8) is 0 Å². The summed E-state index contributed by atoms with van der Waals surface area (Å²) < 4.78 is 6.95. The third kappa shape index (κ3) is 5.09. The maximum absolute atomic E-state index is 12.5. The molecule has 0 aliphatic heterocycles. The molecule has 0 spiro atoms. The van der Waals surface area contributed by atoms with E-state index in [1.54, 1.807) is 6.21 Å². The molecule has 0 saturated carbocycles. The Kier molecular flexibility index (Phi) is 6.25. The first-order valence-corrected chi connectivity index (χ1v) is 8.73.